The van der Waals surface area contributed by atoms with Crippen LogP contribution in [0.4, 0.5) is 0 Å². The Morgan fingerprint density at radius 3 is 1.27 bits per heavy atom. The van der Waals surface area contributed by atoms with Crippen LogP contribution in [0.25, 0.3) is 22.3 Å². The van der Waals surface area contributed by atoms with Gasteiger partial charge in [0.15, 0.2) is 0 Å². The molecule has 0 spiro atoms. The summed E-state index contributed by atoms with van der Waals surface area (Å²) in [6, 6.07) is 21.4. The molecule has 0 amide bonds. The molecule has 110 valence electrons. The van der Waals surface area contributed by atoms with Crippen LogP contribution in [0.2, 0.25) is 0 Å². The van der Waals surface area contributed by atoms with Gasteiger partial charge in [-0.1, -0.05) is 60.7 Å². The monoisotopic (exact) mass is 304 g/mol. The molecule has 0 aliphatic rings. The second kappa shape index (κ2) is 6.07. The van der Waals surface area contributed by atoms with Crippen molar-refractivity contribution in [2.24, 2.45) is 0 Å². The van der Waals surface area contributed by atoms with Gasteiger partial charge >= 0.3 is 0 Å². The Kier molecular flexibility index (Phi) is 4.14. The second-order valence-corrected chi connectivity index (χ2v) is 6.35. The predicted octanol–water partition coefficient (Wildman–Crippen LogP) is 5.45. The smallest absolute Gasteiger partial charge is 0.0113 e. The van der Waals surface area contributed by atoms with Gasteiger partial charge < -0.3 is 0 Å². The van der Waals surface area contributed by atoms with Gasteiger partial charge in [-0.3, -0.25) is 0 Å². The molecule has 1 heteroatoms. The van der Waals surface area contributed by atoms with Crippen LogP contribution in [0.3, 0.4) is 0 Å². The minimum Gasteiger partial charge on any atom is -0.105 e. The van der Waals surface area contributed by atoms with Crippen LogP contribution in [-0.2, 0) is 0 Å². The average Bonchev–Trinajstić information content (AvgIpc) is 2.55. The van der Waals surface area contributed by atoms with Crippen LogP contribution in [0.5, 0.6) is 0 Å². The first kappa shape index (κ1) is 15.0. The van der Waals surface area contributed by atoms with Crippen LogP contribution in [-0.4, -0.2) is 0 Å². The molecule has 1 atom stereocenters. The van der Waals surface area contributed by atoms with E-state index in [1.807, 2.05) is 0 Å². The summed E-state index contributed by atoms with van der Waals surface area (Å²) in [4.78, 5) is 0. The van der Waals surface area contributed by atoms with Crippen molar-refractivity contribution in [3.8, 4) is 22.3 Å². The van der Waals surface area contributed by atoms with Gasteiger partial charge in [-0.05, 0) is 65.0 Å². The first-order valence-corrected chi connectivity index (χ1v) is 8.19. The minimum absolute atomic E-state index is 1.29. The van der Waals surface area contributed by atoms with E-state index in [4.69, 9.17) is 0 Å². The summed E-state index contributed by atoms with van der Waals surface area (Å²) in [5.41, 5.74) is 9.36. The lowest BCUT2D eigenvalue weighted by Gasteiger charge is -2.21. The van der Waals surface area contributed by atoms with Crippen molar-refractivity contribution in [1.82, 2.24) is 0 Å². The largest absolute Gasteiger partial charge is 0.105 e. The van der Waals surface area contributed by atoms with Gasteiger partial charge in [0.25, 0.3) is 0 Å². The Balaban J connectivity index is 2.36. The highest BCUT2D eigenvalue weighted by Gasteiger charge is 2.16. The van der Waals surface area contributed by atoms with E-state index in [-0.39, 0.29) is 0 Å². The fourth-order valence-electron chi connectivity index (χ4n) is 3.31. The molecule has 0 fully saturated rings. The lowest BCUT2D eigenvalue weighted by molar-refractivity contribution is 1.35. The summed E-state index contributed by atoms with van der Waals surface area (Å²) in [7, 11) is 2.94. The zero-order valence-corrected chi connectivity index (χ0v) is 14.5. The van der Waals surface area contributed by atoms with Crippen LogP contribution in [0, 0.1) is 20.8 Å². The molecule has 0 bridgehead atoms. The second-order valence-electron chi connectivity index (χ2n) is 5.77. The van der Waals surface area contributed by atoms with Crippen molar-refractivity contribution < 1.29 is 0 Å². The Bertz CT molecular complexity index is 736. The fourth-order valence-corrected chi connectivity index (χ4v) is 3.60. The van der Waals surface area contributed by atoms with Crippen molar-refractivity contribution in [3.63, 3.8) is 0 Å². The molecule has 0 heterocycles. The van der Waals surface area contributed by atoms with Crippen molar-refractivity contribution in [1.29, 1.82) is 0 Å². The third kappa shape index (κ3) is 2.49. The van der Waals surface area contributed by atoms with Gasteiger partial charge in [0.2, 0.25) is 0 Å². The highest BCUT2D eigenvalue weighted by molar-refractivity contribution is 7.27. The number of hydrogen-bond donors (Lipinski definition) is 0. The highest BCUT2D eigenvalue weighted by Crippen LogP contribution is 2.36. The van der Waals surface area contributed by atoms with Gasteiger partial charge in [0.05, 0.1) is 0 Å². The van der Waals surface area contributed by atoms with E-state index in [0.717, 1.165) is 0 Å². The van der Waals surface area contributed by atoms with Crippen LogP contribution >= 0.6 is 9.24 Å². The Hall–Kier alpha value is -1.91. The van der Waals surface area contributed by atoms with Gasteiger partial charge in [-0.2, -0.15) is 0 Å². The Labute approximate surface area is 135 Å². The standard InChI is InChI=1S/C21H21P/c1-14-19(17-10-6-4-7-11-17)15(2)21(22)16(3)20(14)18-12-8-5-9-13-18/h4-13H,22H2,1-3H3. The molecule has 0 saturated heterocycles. The maximum atomic E-state index is 2.94. The maximum Gasteiger partial charge on any atom is -0.0113 e. The van der Waals surface area contributed by atoms with E-state index in [1.54, 1.807) is 0 Å². The molecule has 0 aliphatic carbocycles. The first-order chi connectivity index (χ1) is 10.6. The number of benzene rings is 3. The van der Waals surface area contributed by atoms with Crippen LogP contribution < -0.4 is 5.30 Å². The molecule has 3 aromatic rings. The van der Waals surface area contributed by atoms with Gasteiger partial charge in [0, 0.05) is 0 Å². The van der Waals surface area contributed by atoms with Gasteiger partial charge in [0.1, 0.15) is 0 Å². The van der Waals surface area contributed by atoms with Gasteiger partial charge in [-0.15, -0.1) is 9.24 Å². The summed E-state index contributed by atoms with van der Waals surface area (Å²) in [5, 5.41) is 1.31. The fraction of sp³-hybridized carbons (Fsp3) is 0.143. The maximum absolute atomic E-state index is 2.94. The molecule has 3 aromatic carbocycles. The normalized spacial score (nSPS) is 10.7. The summed E-state index contributed by atoms with van der Waals surface area (Å²) in [5.74, 6) is 0. The highest BCUT2D eigenvalue weighted by atomic mass is 31.0. The quantitative estimate of drug-likeness (QED) is 0.553. The lowest BCUT2D eigenvalue weighted by atomic mass is 9.86. The molecular formula is C21H21P. The average molecular weight is 304 g/mol. The molecule has 22 heavy (non-hydrogen) atoms. The van der Waals surface area contributed by atoms with E-state index in [9.17, 15) is 0 Å². The third-order valence-electron chi connectivity index (χ3n) is 4.43. The van der Waals surface area contributed by atoms with E-state index < -0.39 is 0 Å². The zero-order chi connectivity index (χ0) is 15.7. The molecule has 0 aromatic heterocycles. The molecule has 0 radical (unpaired) electrons. The summed E-state index contributed by atoms with van der Waals surface area (Å²) in [6.45, 7) is 6.69. The summed E-state index contributed by atoms with van der Waals surface area (Å²) < 4.78 is 0. The first-order valence-electron chi connectivity index (χ1n) is 7.61. The van der Waals surface area contributed by atoms with E-state index in [0.29, 0.717) is 0 Å². The Morgan fingerprint density at radius 2 is 0.909 bits per heavy atom. The number of rotatable bonds is 2. The predicted molar refractivity (Wildman–Crippen MR) is 101 cm³/mol. The topological polar surface area (TPSA) is 0 Å². The van der Waals surface area contributed by atoms with E-state index in [2.05, 4.69) is 90.7 Å². The minimum atomic E-state index is 1.29. The van der Waals surface area contributed by atoms with Crippen molar-refractivity contribution >= 4 is 14.5 Å². The number of hydrogen-bond acceptors (Lipinski definition) is 0. The molecular weight excluding hydrogens is 283 g/mol. The van der Waals surface area contributed by atoms with Crippen LogP contribution in [0.1, 0.15) is 16.7 Å². The SMILES string of the molecule is Cc1c(P)c(C)c(-c2ccccc2)c(C)c1-c1ccccc1. The molecule has 0 nitrogen and oxygen atoms in total. The molecule has 1 unspecified atom stereocenters. The molecule has 0 saturated carbocycles. The van der Waals surface area contributed by atoms with Crippen molar-refractivity contribution in [2.45, 2.75) is 20.8 Å². The van der Waals surface area contributed by atoms with Crippen LogP contribution in [0.15, 0.2) is 60.7 Å². The zero-order valence-electron chi connectivity index (χ0n) is 13.4. The van der Waals surface area contributed by atoms with E-state index in [1.165, 1.54) is 44.2 Å². The van der Waals surface area contributed by atoms with Gasteiger partial charge in [-0.25, -0.2) is 0 Å². The van der Waals surface area contributed by atoms with Crippen molar-refractivity contribution in [3.05, 3.63) is 77.4 Å². The molecule has 3 rings (SSSR count). The summed E-state index contributed by atoms with van der Waals surface area (Å²) >= 11 is 0. The Morgan fingerprint density at radius 1 is 0.545 bits per heavy atom. The van der Waals surface area contributed by atoms with E-state index >= 15 is 0 Å². The third-order valence-corrected chi connectivity index (χ3v) is 5.30. The van der Waals surface area contributed by atoms with Crippen molar-refractivity contribution in [2.75, 3.05) is 0 Å². The molecule has 0 N–H and O–H groups in total. The molecule has 0 aliphatic heterocycles. The summed E-state index contributed by atoms with van der Waals surface area (Å²) in [6.07, 6.45) is 0. The lowest BCUT2D eigenvalue weighted by Crippen LogP contribution is -2.09.